The van der Waals surface area contributed by atoms with E-state index in [4.69, 9.17) is 9.72 Å². The van der Waals surface area contributed by atoms with Crippen molar-refractivity contribution in [2.24, 2.45) is 0 Å². The molecule has 42 heavy (non-hydrogen) atoms. The third-order valence-electron chi connectivity index (χ3n) is 8.03. The molecule has 5 heterocycles. The molecule has 6 rings (SSSR count). The van der Waals surface area contributed by atoms with Gasteiger partial charge >= 0.3 is 0 Å². The molecule has 2 saturated heterocycles. The fourth-order valence-electron chi connectivity index (χ4n) is 5.80. The summed E-state index contributed by atoms with van der Waals surface area (Å²) < 4.78 is 61.1. The van der Waals surface area contributed by atoms with Gasteiger partial charge in [-0.2, -0.15) is 0 Å². The summed E-state index contributed by atoms with van der Waals surface area (Å²) in [4.78, 5) is 16.0. The Bertz CT molecular complexity index is 1720. The van der Waals surface area contributed by atoms with Crippen LogP contribution in [0.25, 0.3) is 22.3 Å². The molecular formula is C30H32F2N6O3S. The number of morpholine rings is 1. The Labute approximate surface area is 243 Å². The Kier molecular flexibility index (Phi) is 7.77. The van der Waals surface area contributed by atoms with Gasteiger partial charge in [0.15, 0.2) is 0 Å². The molecule has 0 atom stereocenters. The first kappa shape index (κ1) is 28.4. The van der Waals surface area contributed by atoms with Crippen LogP contribution in [0.15, 0.2) is 48.8 Å². The summed E-state index contributed by atoms with van der Waals surface area (Å²) in [6.45, 7) is 5.21. The van der Waals surface area contributed by atoms with Crippen molar-refractivity contribution in [3.8, 4) is 11.4 Å². The second-order valence-electron chi connectivity index (χ2n) is 10.7. The Morgan fingerprint density at radius 3 is 2.48 bits per heavy atom. The molecule has 0 amide bonds. The van der Waals surface area contributed by atoms with Crippen LogP contribution in [-0.2, 0) is 14.8 Å². The molecule has 2 aliphatic heterocycles. The van der Waals surface area contributed by atoms with Gasteiger partial charge in [-0.25, -0.2) is 31.5 Å². The number of rotatable bonds is 6. The SMILES string of the molecule is Cc1c(-c2ccccn2)nc2cc(F)cc(F)c2c1Nc1cc(N2CCOCC2)ncc1C1CCN(S(C)(=O)=O)CC1. The number of piperidine rings is 1. The van der Waals surface area contributed by atoms with Crippen molar-refractivity contribution in [2.75, 3.05) is 55.9 Å². The number of fused-ring (bicyclic) bond motifs is 1. The Morgan fingerprint density at radius 2 is 1.79 bits per heavy atom. The average Bonchev–Trinajstić information content (AvgIpc) is 2.99. The second kappa shape index (κ2) is 11.5. The van der Waals surface area contributed by atoms with E-state index in [0.717, 1.165) is 23.1 Å². The lowest BCUT2D eigenvalue weighted by Crippen LogP contribution is -2.37. The minimum atomic E-state index is -3.28. The fourth-order valence-corrected chi connectivity index (χ4v) is 6.68. The van der Waals surface area contributed by atoms with E-state index >= 15 is 4.39 Å². The van der Waals surface area contributed by atoms with Crippen LogP contribution in [0.3, 0.4) is 0 Å². The number of sulfonamides is 1. The van der Waals surface area contributed by atoms with Crippen LogP contribution < -0.4 is 10.2 Å². The molecule has 0 unspecified atom stereocenters. The summed E-state index contributed by atoms with van der Waals surface area (Å²) >= 11 is 0. The molecule has 0 aliphatic carbocycles. The lowest BCUT2D eigenvalue weighted by molar-refractivity contribution is 0.122. The minimum absolute atomic E-state index is 0.0303. The van der Waals surface area contributed by atoms with Gasteiger partial charge in [0.25, 0.3) is 0 Å². The van der Waals surface area contributed by atoms with Crippen LogP contribution in [0, 0.1) is 18.6 Å². The lowest BCUT2D eigenvalue weighted by atomic mass is 9.90. The fraction of sp³-hybridized carbons (Fsp3) is 0.367. The average molecular weight is 595 g/mol. The van der Waals surface area contributed by atoms with Crippen molar-refractivity contribution in [1.29, 1.82) is 0 Å². The molecule has 0 radical (unpaired) electrons. The largest absolute Gasteiger partial charge is 0.378 e. The standard InChI is InChI=1S/C30H32F2N6O3S/c1-19-29(24-5-3-4-8-33-24)36-26-16-21(31)15-23(32)28(26)30(19)35-25-17-27(37-11-13-41-14-12-37)34-18-22(25)20-6-9-38(10-7-20)42(2,39)40/h3-5,8,15-18,20H,6-7,9-14H2,1-2H3,(H,34,35,36). The first-order chi connectivity index (χ1) is 20.2. The molecular weight excluding hydrogens is 562 g/mol. The van der Waals surface area contributed by atoms with E-state index in [9.17, 15) is 12.8 Å². The molecule has 4 aromatic rings. The summed E-state index contributed by atoms with van der Waals surface area (Å²) in [5.41, 5.74) is 4.04. The number of hydrogen-bond donors (Lipinski definition) is 1. The van der Waals surface area contributed by atoms with E-state index in [1.54, 1.807) is 12.3 Å². The Hall–Kier alpha value is -3.74. The highest BCUT2D eigenvalue weighted by molar-refractivity contribution is 7.88. The zero-order valence-corrected chi connectivity index (χ0v) is 24.3. The molecule has 1 N–H and O–H groups in total. The third-order valence-corrected chi connectivity index (χ3v) is 9.34. The summed E-state index contributed by atoms with van der Waals surface area (Å²) in [5.74, 6) is -0.652. The van der Waals surface area contributed by atoms with Crippen molar-refractivity contribution in [2.45, 2.75) is 25.7 Å². The number of aromatic nitrogens is 3. The van der Waals surface area contributed by atoms with Crippen molar-refractivity contribution in [3.05, 3.63) is 71.6 Å². The normalized spacial score (nSPS) is 17.1. The maximum Gasteiger partial charge on any atom is 0.211 e. The smallest absolute Gasteiger partial charge is 0.211 e. The molecule has 2 aliphatic rings. The van der Waals surface area contributed by atoms with Crippen molar-refractivity contribution in [3.63, 3.8) is 0 Å². The summed E-state index contributed by atoms with van der Waals surface area (Å²) in [7, 11) is -3.28. The summed E-state index contributed by atoms with van der Waals surface area (Å²) in [6.07, 6.45) is 5.96. The Balaban J connectivity index is 1.48. The van der Waals surface area contributed by atoms with Crippen LogP contribution in [0.5, 0.6) is 0 Å². The topological polar surface area (TPSA) is 101 Å². The van der Waals surface area contributed by atoms with E-state index < -0.39 is 21.7 Å². The quantitative estimate of drug-likeness (QED) is 0.333. The van der Waals surface area contributed by atoms with Gasteiger partial charge in [0.05, 0.1) is 47.4 Å². The Morgan fingerprint density at radius 1 is 1.02 bits per heavy atom. The molecule has 12 heteroatoms. The van der Waals surface area contributed by atoms with E-state index in [-0.39, 0.29) is 16.8 Å². The molecule has 0 spiro atoms. The number of nitrogens with one attached hydrogen (secondary N) is 1. The van der Waals surface area contributed by atoms with Crippen molar-refractivity contribution >= 4 is 38.1 Å². The van der Waals surface area contributed by atoms with Crippen LogP contribution in [-0.4, -0.2) is 73.3 Å². The van der Waals surface area contributed by atoms with Gasteiger partial charge in [0, 0.05) is 68.0 Å². The van der Waals surface area contributed by atoms with Gasteiger partial charge in [0.2, 0.25) is 10.0 Å². The molecule has 3 aromatic heterocycles. The highest BCUT2D eigenvalue weighted by Crippen LogP contribution is 2.40. The first-order valence-electron chi connectivity index (χ1n) is 13.9. The molecule has 0 bridgehead atoms. The van der Waals surface area contributed by atoms with Crippen molar-refractivity contribution < 1.29 is 21.9 Å². The first-order valence-corrected chi connectivity index (χ1v) is 15.8. The number of ether oxygens (including phenoxy) is 1. The van der Waals surface area contributed by atoms with E-state index in [0.29, 0.717) is 74.9 Å². The van der Waals surface area contributed by atoms with Gasteiger partial charge in [-0.05, 0) is 43.4 Å². The number of anilines is 3. The highest BCUT2D eigenvalue weighted by atomic mass is 32.2. The van der Waals surface area contributed by atoms with Gasteiger partial charge < -0.3 is 15.0 Å². The number of benzene rings is 1. The molecule has 0 saturated carbocycles. The maximum absolute atomic E-state index is 15.5. The van der Waals surface area contributed by atoms with E-state index in [2.05, 4.69) is 20.2 Å². The van der Waals surface area contributed by atoms with Crippen LogP contribution >= 0.6 is 0 Å². The maximum atomic E-state index is 15.5. The molecule has 9 nitrogen and oxygen atoms in total. The van der Waals surface area contributed by atoms with Gasteiger partial charge in [0.1, 0.15) is 17.5 Å². The predicted octanol–water partition coefficient (Wildman–Crippen LogP) is 5.00. The summed E-state index contributed by atoms with van der Waals surface area (Å²) in [5, 5.41) is 3.69. The number of pyridine rings is 3. The highest BCUT2D eigenvalue weighted by Gasteiger charge is 2.29. The summed E-state index contributed by atoms with van der Waals surface area (Å²) in [6, 6.07) is 9.49. The van der Waals surface area contributed by atoms with Crippen molar-refractivity contribution in [1.82, 2.24) is 19.3 Å². The van der Waals surface area contributed by atoms with Gasteiger partial charge in [-0.3, -0.25) is 4.98 Å². The lowest BCUT2D eigenvalue weighted by Gasteiger charge is -2.33. The monoisotopic (exact) mass is 594 g/mol. The molecule has 2 fully saturated rings. The number of nitrogens with zero attached hydrogens (tertiary/aromatic N) is 5. The van der Waals surface area contributed by atoms with Crippen LogP contribution in [0.2, 0.25) is 0 Å². The van der Waals surface area contributed by atoms with E-state index in [1.807, 2.05) is 31.3 Å². The number of halogens is 2. The minimum Gasteiger partial charge on any atom is -0.378 e. The number of hydrogen-bond acceptors (Lipinski definition) is 8. The predicted molar refractivity (Wildman–Crippen MR) is 159 cm³/mol. The molecule has 1 aromatic carbocycles. The van der Waals surface area contributed by atoms with Crippen LogP contribution in [0.4, 0.5) is 26.0 Å². The zero-order valence-electron chi connectivity index (χ0n) is 23.5. The van der Waals surface area contributed by atoms with E-state index in [1.165, 1.54) is 16.6 Å². The molecule has 220 valence electrons. The zero-order chi connectivity index (χ0) is 29.4. The van der Waals surface area contributed by atoms with Crippen LogP contribution in [0.1, 0.15) is 29.9 Å². The third kappa shape index (κ3) is 5.66. The second-order valence-corrected chi connectivity index (χ2v) is 12.7. The van der Waals surface area contributed by atoms with Gasteiger partial charge in [-0.1, -0.05) is 6.07 Å². The van der Waals surface area contributed by atoms with Gasteiger partial charge in [-0.15, -0.1) is 0 Å².